The molecule has 0 spiro atoms. The summed E-state index contributed by atoms with van der Waals surface area (Å²) in [7, 11) is 1.71. The number of pyridine rings is 1. The van der Waals surface area contributed by atoms with Crippen LogP contribution in [0.5, 0.6) is 0 Å². The van der Waals surface area contributed by atoms with E-state index in [1.165, 1.54) is 0 Å². The molecule has 1 aromatic rings. The maximum atomic E-state index is 6.00. The maximum absolute atomic E-state index is 6.00. The van der Waals surface area contributed by atoms with Crippen LogP contribution in [0.15, 0.2) is 12.3 Å². The number of aromatic nitrogens is 1. The minimum absolute atomic E-state index is 0.152. The van der Waals surface area contributed by atoms with Crippen molar-refractivity contribution in [2.45, 2.75) is 18.9 Å². The number of hydrogen-bond acceptors (Lipinski definition) is 2. The van der Waals surface area contributed by atoms with Gasteiger partial charge < -0.3 is 4.74 Å². The number of rotatable bonds is 1. The topological polar surface area (TPSA) is 22.1 Å². The van der Waals surface area contributed by atoms with Crippen molar-refractivity contribution >= 4 is 11.6 Å². The highest BCUT2D eigenvalue weighted by atomic mass is 35.5. The molecule has 3 heteroatoms. The molecule has 1 aliphatic carbocycles. The predicted molar refractivity (Wildman–Crippen MR) is 47.3 cm³/mol. The van der Waals surface area contributed by atoms with Crippen LogP contribution in [0.2, 0.25) is 5.02 Å². The van der Waals surface area contributed by atoms with Crippen molar-refractivity contribution in [3.05, 3.63) is 28.5 Å². The Kier molecular flexibility index (Phi) is 2.03. The van der Waals surface area contributed by atoms with Gasteiger partial charge in [-0.25, -0.2) is 0 Å². The summed E-state index contributed by atoms with van der Waals surface area (Å²) in [5.74, 6) is 0. The zero-order valence-electron chi connectivity index (χ0n) is 6.88. The summed E-state index contributed by atoms with van der Waals surface area (Å²) >= 11 is 6.00. The lowest BCUT2D eigenvalue weighted by Gasteiger charge is -2.07. The van der Waals surface area contributed by atoms with Crippen LogP contribution in [-0.2, 0) is 11.2 Å². The SMILES string of the molecule is COC1CCc2c(Cl)ccnc21. The van der Waals surface area contributed by atoms with Crippen molar-refractivity contribution in [3.8, 4) is 0 Å². The van der Waals surface area contributed by atoms with Crippen LogP contribution in [0, 0.1) is 0 Å². The Morgan fingerprint density at radius 3 is 3.25 bits per heavy atom. The Hall–Kier alpha value is -0.600. The van der Waals surface area contributed by atoms with Crippen LogP contribution < -0.4 is 0 Å². The number of ether oxygens (including phenoxy) is 1. The number of hydrogen-bond donors (Lipinski definition) is 0. The summed E-state index contributed by atoms with van der Waals surface area (Å²) in [4.78, 5) is 4.26. The lowest BCUT2D eigenvalue weighted by atomic mass is 10.2. The highest BCUT2D eigenvalue weighted by Crippen LogP contribution is 2.35. The van der Waals surface area contributed by atoms with E-state index >= 15 is 0 Å². The molecule has 0 saturated heterocycles. The molecule has 12 heavy (non-hydrogen) atoms. The van der Waals surface area contributed by atoms with Gasteiger partial charge in [-0.1, -0.05) is 11.6 Å². The molecule has 64 valence electrons. The molecule has 2 nitrogen and oxygen atoms in total. The van der Waals surface area contributed by atoms with E-state index in [-0.39, 0.29) is 6.10 Å². The van der Waals surface area contributed by atoms with E-state index in [9.17, 15) is 0 Å². The Labute approximate surface area is 76.5 Å². The smallest absolute Gasteiger partial charge is 0.0997 e. The summed E-state index contributed by atoms with van der Waals surface area (Å²) < 4.78 is 5.27. The Morgan fingerprint density at radius 1 is 1.67 bits per heavy atom. The van der Waals surface area contributed by atoms with Gasteiger partial charge in [0, 0.05) is 18.3 Å². The van der Waals surface area contributed by atoms with Crippen molar-refractivity contribution < 1.29 is 4.74 Å². The van der Waals surface area contributed by atoms with Crippen LogP contribution in [0.4, 0.5) is 0 Å². The van der Waals surface area contributed by atoms with Gasteiger partial charge in [0.05, 0.1) is 11.8 Å². The molecule has 2 rings (SSSR count). The first-order chi connectivity index (χ1) is 5.83. The third kappa shape index (κ3) is 1.11. The second kappa shape index (κ2) is 3.04. The van der Waals surface area contributed by atoms with Gasteiger partial charge in [0.15, 0.2) is 0 Å². The monoisotopic (exact) mass is 183 g/mol. The standard InChI is InChI=1S/C9H10ClNO/c1-12-8-3-2-6-7(10)4-5-11-9(6)8/h4-5,8H,2-3H2,1H3. The lowest BCUT2D eigenvalue weighted by molar-refractivity contribution is 0.102. The van der Waals surface area contributed by atoms with Crippen LogP contribution in [0.1, 0.15) is 23.8 Å². The third-order valence-corrected chi connectivity index (χ3v) is 2.63. The van der Waals surface area contributed by atoms with Crippen LogP contribution in [0.3, 0.4) is 0 Å². The molecule has 0 bridgehead atoms. The Bertz CT molecular complexity index is 301. The minimum Gasteiger partial charge on any atom is -0.375 e. The molecule has 0 radical (unpaired) electrons. The van der Waals surface area contributed by atoms with Gasteiger partial charge in [-0.2, -0.15) is 0 Å². The number of fused-ring (bicyclic) bond motifs is 1. The molecule has 0 amide bonds. The molecule has 1 atom stereocenters. The largest absolute Gasteiger partial charge is 0.375 e. The van der Waals surface area contributed by atoms with Crippen molar-refractivity contribution in [3.63, 3.8) is 0 Å². The first-order valence-corrected chi connectivity index (χ1v) is 4.37. The van der Waals surface area contributed by atoms with Crippen molar-refractivity contribution in [1.82, 2.24) is 4.98 Å². The number of halogens is 1. The van der Waals surface area contributed by atoms with Gasteiger partial charge in [-0.05, 0) is 24.5 Å². The van der Waals surface area contributed by atoms with E-state index in [1.54, 1.807) is 13.3 Å². The van der Waals surface area contributed by atoms with E-state index in [2.05, 4.69) is 4.98 Å². The highest BCUT2D eigenvalue weighted by Gasteiger charge is 2.24. The fourth-order valence-corrected chi connectivity index (χ4v) is 1.90. The van der Waals surface area contributed by atoms with Gasteiger partial charge >= 0.3 is 0 Å². The van der Waals surface area contributed by atoms with E-state index in [4.69, 9.17) is 16.3 Å². The van der Waals surface area contributed by atoms with Crippen LogP contribution >= 0.6 is 11.6 Å². The number of methoxy groups -OCH3 is 1. The zero-order chi connectivity index (χ0) is 8.55. The van der Waals surface area contributed by atoms with E-state index in [0.29, 0.717) is 0 Å². The van der Waals surface area contributed by atoms with Gasteiger partial charge in [0.25, 0.3) is 0 Å². The normalized spacial score (nSPS) is 21.0. The predicted octanol–water partition coefficient (Wildman–Crippen LogP) is 2.37. The van der Waals surface area contributed by atoms with Crippen LogP contribution in [0.25, 0.3) is 0 Å². The molecule has 0 saturated carbocycles. The molecular weight excluding hydrogens is 174 g/mol. The highest BCUT2D eigenvalue weighted by molar-refractivity contribution is 6.31. The molecule has 0 aliphatic heterocycles. The average molecular weight is 184 g/mol. The summed E-state index contributed by atoms with van der Waals surface area (Å²) in [6.45, 7) is 0. The summed E-state index contributed by atoms with van der Waals surface area (Å²) in [6.07, 6.45) is 3.88. The molecule has 0 fully saturated rings. The lowest BCUT2D eigenvalue weighted by Crippen LogP contribution is -1.98. The Morgan fingerprint density at radius 2 is 2.50 bits per heavy atom. The molecular formula is C9H10ClNO. The first-order valence-electron chi connectivity index (χ1n) is 3.99. The molecule has 1 unspecified atom stereocenters. The maximum Gasteiger partial charge on any atom is 0.0997 e. The van der Waals surface area contributed by atoms with Crippen LogP contribution in [-0.4, -0.2) is 12.1 Å². The molecule has 1 heterocycles. The molecule has 0 aromatic carbocycles. The fourth-order valence-electron chi connectivity index (χ4n) is 1.65. The van der Waals surface area contributed by atoms with E-state index in [1.807, 2.05) is 6.07 Å². The van der Waals surface area contributed by atoms with Gasteiger partial charge in [0.2, 0.25) is 0 Å². The van der Waals surface area contributed by atoms with Crippen molar-refractivity contribution in [2.75, 3.05) is 7.11 Å². The zero-order valence-corrected chi connectivity index (χ0v) is 7.64. The first kappa shape index (κ1) is 8.02. The van der Waals surface area contributed by atoms with Crippen molar-refractivity contribution in [2.24, 2.45) is 0 Å². The molecule has 0 N–H and O–H groups in total. The quantitative estimate of drug-likeness (QED) is 0.667. The third-order valence-electron chi connectivity index (χ3n) is 2.28. The minimum atomic E-state index is 0.152. The Balaban J connectivity index is 2.46. The summed E-state index contributed by atoms with van der Waals surface area (Å²) in [6, 6.07) is 1.83. The molecule has 1 aliphatic rings. The molecule has 1 aromatic heterocycles. The average Bonchev–Trinajstić information content (AvgIpc) is 2.49. The summed E-state index contributed by atoms with van der Waals surface area (Å²) in [5, 5.41) is 0.819. The van der Waals surface area contributed by atoms with Crippen molar-refractivity contribution in [1.29, 1.82) is 0 Å². The van der Waals surface area contributed by atoms with Gasteiger partial charge in [-0.3, -0.25) is 4.98 Å². The number of nitrogens with zero attached hydrogens (tertiary/aromatic N) is 1. The fraction of sp³-hybridized carbons (Fsp3) is 0.444. The van der Waals surface area contributed by atoms with Gasteiger partial charge in [-0.15, -0.1) is 0 Å². The second-order valence-corrected chi connectivity index (χ2v) is 3.33. The van der Waals surface area contributed by atoms with E-state index in [0.717, 1.165) is 29.1 Å². The van der Waals surface area contributed by atoms with E-state index < -0.39 is 0 Å². The summed E-state index contributed by atoms with van der Waals surface area (Å²) in [5.41, 5.74) is 2.18. The second-order valence-electron chi connectivity index (χ2n) is 2.92. The van der Waals surface area contributed by atoms with Gasteiger partial charge in [0.1, 0.15) is 0 Å².